The molecule has 0 radical (unpaired) electrons. The molecule has 4 fully saturated rings. The fraction of sp³-hybridized carbons (Fsp3) is 0.384. The SMILES string of the molecule is C.COc1ccc(C(CC23COC([C@H](n4cc(C#CCNC(=O)CNC(=O)C(F)(F)F)c(=O)[nH]c4=O)O2)[C@H]3O)(c2ccccc2)c2ccc(OC)cc2)cc1.COc1ccc(C(CC23COC([C@H](n4cc(C#CCNC(=O)CNC(=O)C(F)(F)F)c(=O)[nH]c4=O)O2)[C@H]3OP(OCCC#N)N(C(C)C)C(C)C)(c2ccccc2)c2ccc(OC)cc2)cc1. The third-order valence-corrected chi connectivity index (χ3v) is 23.0. The van der Waals surface area contributed by atoms with Crippen LogP contribution in [-0.4, -0.2) is 187 Å². The maximum atomic E-state index is 13.9. The summed E-state index contributed by atoms with van der Waals surface area (Å²) in [5.74, 6) is 6.25. The third kappa shape index (κ3) is 20.3. The lowest BCUT2D eigenvalue weighted by Crippen LogP contribution is -2.49. The molecule has 6 aromatic carbocycles. The predicted octanol–water partition coefficient (Wildman–Crippen LogP) is 8.24. The van der Waals surface area contributed by atoms with Crippen molar-refractivity contribution in [1.29, 1.82) is 5.26 Å². The lowest BCUT2D eigenvalue weighted by Gasteiger charge is -2.44. The molecule has 4 saturated heterocycles. The zero-order chi connectivity index (χ0) is 87.2. The van der Waals surface area contributed by atoms with Gasteiger partial charge in [0.25, 0.3) is 19.6 Å². The van der Waals surface area contributed by atoms with Crippen molar-refractivity contribution >= 4 is 32.2 Å². The highest BCUT2D eigenvalue weighted by atomic mass is 31.2. The first-order valence-corrected chi connectivity index (χ1v) is 39.1. The van der Waals surface area contributed by atoms with Crippen LogP contribution in [0, 0.1) is 35.0 Å². The Hall–Kier alpha value is -11.9. The number of aliphatic hydroxyl groups excluding tert-OH is 1. The minimum Gasteiger partial charge on any atom is -0.497 e. The van der Waals surface area contributed by atoms with E-state index in [1.165, 1.54) is 16.8 Å². The highest BCUT2D eigenvalue weighted by Gasteiger charge is 2.68. The van der Waals surface area contributed by atoms with Crippen molar-refractivity contribution in [1.82, 2.24) is 45.0 Å². The number of benzene rings is 6. The summed E-state index contributed by atoms with van der Waals surface area (Å²) in [7, 11) is 4.40. The molecule has 2 aromatic heterocycles. The Morgan fingerprint density at radius 1 is 0.549 bits per heavy atom. The number of amides is 4. The highest BCUT2D eigenvalue weighted by Crippen LogP contribution is 2.60. The molecule has 4 amide bonds. The number of aliphatic hydroxyl groups is 1. The summed E-state index contributed by atoms with van der Waals surface area (Å²) < 4.78 is 141. The summed E-state index contributed by atoms with van der Waals surface area (Å²) >= 11 is 0. The second kappa shape index (κ2) is 39.7. The number of hydrogen-bond donors (Lipinski definition) is 7. The number of ether oxygens (including phenoxy) is 8. The molecule has 8 aromatic rings. The minimum atomic E-state index is -5.17. The number of alkyl halides is 6. The average Bonchev–Trinajstić information content (AvgIpc) is 1.43. The highest BCUT2D eigenvalue weighted by molar-refractivity contribution is 7.44. The van der Waals surface area contributed by atoms with Gasteiger partial charge in [0.2, 0.25) is 11.8 Å². The quantitative estimate of drug-likeness (QED) is 0.00732. The first kappa shape index (κ1) is 92.3. The zero-order valence-electron chi connectivity index (χ0n) is 66.7. The number of methoxy groups -OCH3 is 4. The maximum Gasteiger partial charge on any atom is 0.471 e. The molecule has 7 N–H and O–H groups in total. The zero-order valence-corrected chi connectivity index (χ0v) is 67.5. The van der Waals surface area contributed by atoms with E-state index in [0.717, 1.165) is 48.7 Å². The van der Waals surface area contributed by atoms with Crippen LogP contribution in [0.2, 0.25) is 0 Å². The lowest BCUT2D eigenvalue weighted by atomic mass is 9.63. The van der Waals surface area contributed by atoms with Gasteiger partial charge in [0, 0.05) is 35.3 Å². The molecule has 646 valence electrons. The summed E-state index contributed by atoms with van der Waals surface area (Å²) in [6.45, 7) is 5.36. The third-order valence-electron chi connectivity index (χ3n) is 20.9. The van der Waals surface area contributed by atoms with E-state index < -0.39 is 152 Å². The van der Waals surface area contributed by atoms with Crippen molar-refractivity contribution in [3.05, 3.63) is 256 Å². The number of aromatic amines is 2. The topological polar surface area (TPSA) is 366 Å². The van der Waals surface area contributed by atoms with Crippen LogP contribution in [0.25, 0.3) is 0 Å². The Labute approximate surface area is 698 Å². The molecule has 122 heavy (non-hydrogen) atoms. The molecule has 4 aliphatic rings. The molecule has 9 atom stereocenters. The summed E-state index contributed by atoms with van der Waals surface area (Å²) in [5, 5.41) is 28.7. The van der Waals surface area contributed by atoms with E-state index in [2.05, 4.69) is 55.0 Å². The van der Waals surface area contributed by atoms with Crippen molar-refractivity contribution in [2.24, 2.45) is 0 Å². The Balaban J connectivity index is 0.000000259. The lowest BCUT2D eigenvalue weighted by molar-refractivity contribution is -0.180. The average molecular weight is 1710 g/mol. The van der Waals surface area contributed by atoms with E-state index in [1.807, 2.05) is 185 Å². The van der Waals surface area contributed by atoms with Gasteiger partial charge < -0.3 is 73.3 Å². The number of rotatable bonds is 30. The van der Waals surface area contributed by atoms with Gasteiger partial charge in [-0.05, 0) is 122 Å². The molecular weight excluding hydrogens is 1620 g/mol. The van der Waals surface area contributed by atoms with Crippen LogP contribution in [0.4, 0.5) is 26.3 Å². The van der Waals surface area contributed by atoms with E-state index in [9.17, 15) is 75.1 Å². The van der Waals surface area contributed by atoms with Crippen molar-refractivity contribution in [2.75, 3.05) is 74.4 Å². The Kier molecular flexibility index (Phi) is 30.1. The van der Waals surface area contributed by atoms with Crippen LogP contribution in [0.5, 0.6) is 23.0 Å². The molecule has 36 heteroatoms. The number of nitrogens with one attached hydrogen (secondary N) is 6. The van der Waals surface area contributed by atoms with E-state index in [1.54, 1.807) is 28.4 Å². The van der Waals surface area contributed by atoms with Crippen LogP contribution < -0.4 is 62.7 Å². The van der Waals surface area contributed by atoms with Gasteiger partial charge in [0.15, 0.2) is 12.5 Å². The normalized spacial score (nSPS) is 19.7. The van der Waals surface area contributed by atoms with Crippen molar-refractivity contribution in [3.63, 3.8) is 0 Å². The largest absolute Gasteiger partial charge is 0.497 e. The van der Waals surface area contributed by atoms with Gasteiger partial charge in [-0.3, -0.25) is 47.9 Å². The van der Waals surface area contributed by atoms with Crippen LogP contribution >= 0.6 is 8.53 Å². The van der Waals surface area contributed by atoms with Crippen LogP contribution in [-0.2, 0) is 58.0 Å². The molecule has 5 unspecified atom stereocenters. The van der Waals surface area contributed by atoms with Gasteiger partial charge in [-0.25, -0.2) is 14.3 Å². The molecule has 4 aliphatic heterocycles. The summed E-state index contributed by atoms with van der Waals surface area (Å²) in [6.07, 6.45) is -14.2. The van der Waals surface area contributed by atoms with Gasteiger partial charge in [-0.2, -0.15) is 31.6 Å². The number of aromatic nitrogens is 4. The Bertz CT molecular complexity index is 5320. The first-order chi connectivity index (χ1) is 57.8. The number of nitrogens with zero attached hydrogens (tertiary/aromatic N) is 4. The smallest absolute Gasteiger partial charge is 0.471 e. The molecule has 0 spiro atoms. The number of H-pyrrole nitrogens is 2. The predicted molar refractivity (Wildman–Crippen MR) is 432 cm³/mol. The number of carbonyl (C=O) groups is 4. The minimum absolute atomic E-state index is 0. The number of fused-ring (bicyclic) bond motifs is 4. The summed E-state index contributed by atoms with van der Waals surface area (Å²) in [4.78, 5) is 103. The van der Waals surface area contributed by atoms with E-state index in [-0.39, 0.29) is 69.7 Å². The van der Waals surface area contributed by atoms with Gasteiger partial charge in [-0.15, -0.1) is 0 Å². The van der Waals surface area contributed by atoms with Gasteiger partial charge in [0.05, 0.1) is 86.9 Å². The van der Waals surface area contributed by atoms with Gasteiger partial charge in [-0.1, -0.05) is 140 Å². The van der Waals surface area contributed by atoms with Crippen molar-refractivity contribution in [3.8, 4) is 52.7 Å². The van der Waals surface area contributed by atoms with Crippen LogP contribution in [0.15, 0.2) is 189 Å². The molecular formula is C86H91F6N10O19P. The second-order valence-corrected chi connectivity index (χ2v) is 30.4. The summed E-state index contributed by atoms with van der Waals surface area (Å²) in [6, 6.07) is 52.1. The number of nitriles is 1. The van der Waals surface area contributed by atoms with E-state index in [0.29, 0.717) is 23.0 Å². The molecule has 0 saturated carbocycles. The van der Waals surface area contributed by atoms with E-state index >= 15 is 0 Å². The number of hydrogen-bond acceptors (Lipinski definition) is 21. The van der Waals surface area contributed by atoms with Crippen LogP contribution in [0.1, 0.15) is 111 Å². The van der Waals surface area contributed by atoms with Crippen molar-refractivity contribution < 1.29 is 97.6 Å². The Morgan fingerprint density at radius 2 is 0.902 bits per heavy atom. The first-order valence-electron chi connectivity index (χ1n) is 37.9. The van der Waals surface area contributed by atoms with Gasteiger partial charge in [0.1, 0.15) is 69.7 Å². The second-order valence-electron chi connectivity index (χ2n) is 29.0. The van der Waals surface area contributed by atoms with E-state index in [4.69, 9.17) is 46.9 Å². The van der Waals surface area contributed by atoms with Crippen LogP contribution in [0.3, 0.4) is 0 Å². The fourth-order valence-corrected chi connectivity index (χ4v) is 17.1. The standard InChI is InChI=1S/C47H52F3N6O10P.C38H35F3N4O9.CH4/c1-30(2)56(31(3)4)67(64-25-11-23-51)66-40-39-42(55-27-32(41(58)54-44(55)60)12-10-24-52-38(57)26-53-43(59)47(48,49)50)65-45(40,29-63-39)28-46(33-13-8-7-9-14-33,34-15-19-36(61-5)20-16-34)35-17-21-37(62-6)22-18-35;1-51-27-14-10-25(11-15-27)37(24-8-4-3-5-9-24,26-12-16-28(52-2)17-13-26)21-36-22-53-30(31(36)47)33(54-36)45-20-23(32(48)44-35(45)50)7-6-18-42-29(46)19-43-34(49)38(39,40)41;/h7-9,13-22,27,30-31,39-40,42H,11,24-26,28-29H2,1-6H3,(H,52,57)(H,53,59)(H,54,58,60);3-5,8-17,20,30-31,33,47H,18-19,21-22H2,1-2H3,(H,42,46)(H,43,49)(H,44,48,50);1H4/t39?,40-,42-,45?,67?;30?,31-,33-,36?;/m11./s1. The van der Waals surface area contributed by atoms with Crippen molar-refractivity contribution in [2.45, 2.75) is 138 Å². The molecule has 0 aliphatic carbocycles. The Morgan fingerprint density at radius 3 is 1.27 bits per heavy atom. The number of halogens is 6. The summed E-state index contributed by atoms with van der Waals surface area (Å²) in [5.41, 5.74) is -3.35. The fourth-order valence-electron chi connectivity index (χ4n) is 15.3. The maximum absolute atomic E-state index is 13.9. The molecule has 12 rings (SSSR count). The molecule has 4 bridgehead atoms. The van der Waals surface area contributed by atoms with Gasteiger partial charge >= 0.3 is 35.5 Å². The molecule has 6 heterocycles. The monoisotopic (exact) mass is 1710 g/mol. The number of carbonyl (C=O) groups excluding carboxylic acids is 4. The molecule has 29 nitrogen and oxygen atoms in total.